The third kappa shape index (κ3) is 5.58. The van der Waals surface area contributed by atoms with E-state index in [1.807, 2.05) is 43.9 Å². The van der Waals surface area contributed by atoms with Crippen LogP contribution in [0.25, 0.3) is 0 Å². The zero-order valence-electron chi connectivity index (χ0n) is 18.3. The number of likely N-dealkylation sites (tertiary alicyclic amines) is 1. The molecule has 0 aliphatic carbocycles. The number of carbonyl (C=O) groups excluding carboxylic acids is 1. The van der Waals surface area contributed by atoms with E-state index >= 15 is 0 Å². The number of piperidine rings is 1. The van der Waals surface area contributed by atoms with Crippen molar-refractivity contribution in [2.45, 2.75) is 90.3 Å². The molecule has 0 saturated carbocycles. The van der Waals surface area contributed by atoms with Gasteiger partial charge >= 0.3 is 6.09 Å². The fourth-order valence-corrected chi connectivity index (χ4v) is 4.57. The lowest BCUT2D eigenvalue weighted by molar-refractivity contribution is -0.0203. The van der Waals surface area contributed by atoms with Gasteiger partial charge in [0.05, 0.1) is 12.1 Å². The fraction of sp³-hybridized carbons (Fsp3) is 0.682. The molecule has 1 aromatic carbocycles. The second-order valence-corrected chi connectivity index (χ2v) is 14.8. The van der Waals surface area contributed by atoms with Gasteiger partial charge in [-0.25, -0.2) is 4.79 Å². The smallest absolute Gasteiger partial charge is 0.410 e. The van der Waals surface area contributed by atoms with Crippen molar-refractivity contribution in [2.24, 2.45) is 0 Å². The monoisotopic (exact) mass is 391 g/mol. The van der Waals surface area contributed by atoms with E-state index in [9.17, 15) is 4.79 Å². The Kier molecular flexibility index (Phi) is 6.47. The van der Waals surface area contributed by atoms with Crippen molar-refractivity contribution in [3.05, 3.63) is 35.9 Å². The second-order valence-electron chi connectivity index (χ2n) is 10.1. The quantitative estimate of drug-likeness (QED) is 0.580. The Morgan fingerprint density at radius 3 is 2.19 bits per heavy atom. The topological polar surface area (TPSA) is 38.8 Å². The standard InChI is InChI=1S/C22H37NO3Si/c1-21(2,3)25-20(24)23-16-12-15-18(26-27(7,8)22(4,5)6)19(23)17-13-10-9-11-14-17/h9-11,13-14,18-19H,12,15-16H2,1-8H3/t18?,19-/m0/s1. The summed E-state index contributed by atoms with van der Waals surface area (Å²) >= 11 is 0. The minimum atomic E-state index is -1.96. The minimum absolute atomic E-state index is 0.00504. The van der Waals surface area contributed by atoms with Crippen LogP contribution in [0.1, 0.15) is 66.0 Å². The number of ether oxygens (including phenoxy) is 1. The summed E-state index contributed by atoms with van der Waals surface area (Å²) in [7, 11) is -1.96. The number of hydrogen-bond donors (Lipinski definition) is 0. The molecule has 2 rings (SSSR count). The normalized spacial score (nSPS) is 21.9. The molecule has 27 heavy (non-hydrogen) atoms. The van der Waals surface area contributed by atoms with Crippen molar-refractivity contribution >= 4 is 14.4 Å². The van der Waals surface area contributed by atoms with Gasteiger partial charge in [0, 0.05) is 6.54 Å². The first-order valence-electron chi connectivity index (χ1n) is 10.0. The lowest BCUT2D eigenvalue weighted by atomic mass is 9.93. The van der Waals surface area contributed by atoms with Crippen LogP contribution in [-0.2, 0) is 9.16 Å². The van der Waals surface area contributed by atoms with E-state index in [1.54, 1.807) is 0 Å². The van der Waals surface area contributed by atoms with Crippen molar-refractivity contribution in [3.63, 3.8) is 0 Å². The van der Waals surface area contributed by atoms with Crippen molar-refractivity contribution in [2.75, 3.05) is 6.54 Å². The first-order valence-corrected chi connectivity index (χ1v) is 12.9. The second kappa shape index (κ2) is 7.96. The summed E-state index contributed by atoms with van der Waals surface area (Å²) in [6, 6.07) is 10.1. The van der Waals surface area contributed by atoms with Gasteiger partial charge in [-0.05, 0) is 57.3 Å². The van der Waals surface area contributed by atoms with E-state index in [2.05, 4.69) is 46.0 Å². The molecule has 5 heteroatoms. The summed E-state index contributed by atoms with van der Waals surface area (Å²) in [5.74, 6) is 0. The molecule has 1 saturated heterocycles. The molecule has 0 N–H and O–H groups in total. The molecule has 1 unspecified atom stereocenters. The molecule has 0 spiro atoms. The highest BCUT2D eigenvalue weighted by Gasteiger charge is 2.44. The first kappa shape index (κ1) is 22.0. The molecular formula is C22H37NO3Si. The molecule has 0 bridgehead atoms. The molecule has 1 aliphatic rings. The molecule has 0 aromatic heterocycles. The Balaban J connectivity index is 2.36. The van der Waals surface area contributed by atoms with Gasteiger partial charge in [-0.15, -0.1) is 0 Å². The van der Waals surface area contributed by atoms with E-state index < -0.39 is 13.9 Å². The number of benzene rings is 1. The highest BCUT2D eigenvalue weighted by atomic mass is 28.4. The zero-order chi connectivity index (χ0) is 20.5. The van der Waals surface area contributed by atoms with Crippen molar-refractivity contribution in [1.29, 1.82) is 0 Å². The fourth-order valence-electron chi connectivity index (χ4n) is 3.21. The van der Waals surface area contributed by atoms with Gasteiger partial charge in [-0.1, -0.05) is 51.1 Å². The number of rotatable bonds is 3. The van der Waals surface area contributed by atoms with Crippen LogP contribution >= 0.6 is 0 Å². The molecular weight excluding hydrogens is 354 g/mol. The Hall–Kier alpha value is -1.33. The molecule has 1 aliphatic heterocycles. The lowest BCUT2D eigenvalue weighted by Crippen LogP contribution is -2.52. The Morgan fingerprint density at radius 2 is 1.67 bits per heavy atom. The third-order valence-corrected chi connectivity index (χ3v) is 10.1. The van der Waals surface area contributed by atoms with Crippen LogP contribution in [0.4, 0.5) is 4.79 Å². The molecule has 1 amide bonds. The van der Waals surface area contributed by atoms with Crippen LogP contribution in [0.15, 0.2) is 30.3 Å². The van der Waals surface area contributed by atoms with E-state index in [0.29, 0.717) is 6.54 Å². The molecule has 2 atom stereocenters. The minimum Gasteiger partial charge on any atom is -0.444 e. The summed E-state index contributed by atoms with van der Waals surface area (Å²) in [6.45, 7) is 17.8. The van der Waals surface area contributed by atoms with E-state index in [4.69, 9.17) is 9.16 Å². The summed E-state index contributed by atoms with van der Waals surface area (Å²) in [4.78, 5) is 14.8. The van der Waals surface area contributed by atoms with Gasteiger partial charge in [-0.2, -0.15) is 0 Å². The largest absolute Gasteiger partial charge is 0.444 e. The predicted molar refractivity (Wildman–Crippen MR) is 113 cm³/mol. The number of nitrogens with zero attached hydrogens (tertiary/aromatic N) is 1. The number of hydrogen-bond acceptors (Lipinski definition) is 3. The van der Waals surface area contributed by atoms with Crippen LogP contribution in [-0.4, -0.2) is 37.6 Å². The maximum Gasteiger partial charge on any atom is 0.410 e. The summed E-state index contributed by atoms with van der Waals surface area (Å²) < 4.78 is 12.5. The Morgan fingerprint density at radius 1 is 1.07 bits per heavy atom. The molecule has 0 radical (unpaired) electrons. The highest BCUT2D eigenvalue weighted by molar-refractivity contribution is 6.74. The first-order chi connectivity index (χ1) is 12.3. The van der Waals surface area contributed by atoms with Crippen molar-refractivity contribution < 1.29 is 14.0 Å². The maximum atomic E-state index is 13.0. The van der Waals surface area contributed by atoms with Gasteiger partial charge in [0.15, 0.2) is 8.32 Å². The van der Waals surface area contributed by atoms with E-state index in [0.717, 1.165) is 18.4 Å². The summed E-state index contributed by atoms with van der Waals surface area (Å²) in [5, 5.41) is 0.127. The average molecular weight is 392 g/mol. The van der Waals surface area contributed by atoms with Crippen LogP contribution in [0, 0.1) is 0 Å². The van der Waals surface area contributed by atoms with Crippen molar-refractivity contribution in [1.82, 2.24) is 4.90 Å². The molecule has 1 aromatic rings. The number of carbonyl (C=O) groups is 1. The van der Waals surface area contributed by atoms with Gasteiger partial charge in [-0.3, -0.25) is 4.90 Å². The zero-order valence-corrected chi connectivity index (χ0v) is 19.3. The molecule has 1 heterocycles. The maximum absolute atomic E-state index is 13.0. The lowest BCUT2D eigenvalue weighted by Gasteiger charge is -2.47. The SMILES string of the molecule is CC(C)(C)OC(=O)N1CCCC(O[Si](C)(C)C(C)(C)C)[C@@H]1c1ccccc1. The highest BCUT2D eigenvalue weighted by Crippen LogP contribution is 2.42. The van der Waals surface area contributed by atoms with Crippen LogP contribution in [0.5, 0.6) is 0 Å². The van der Waals surface area contributed by atoms with Crippen molar-refractivity contribution in [3.8, 4) is 0 Å². The average Bonchev–Trinajstić information content (AvgIpc) is 2.52. The molecule has 1 fully saturated rings. The van der Waals surface area contributed by atoms with Gasteiger partial charge in [0.2, 0.25) is 0 Å². The predicted octanol–water partition coefficient (Wildman–Crippen LogP) is 6.15. The van der Waals surface area contributed by atoms with E-state index in [-0.39, 0.29) is 23.3 Å². The number of amides is 1. The van der Waals surface area contributed by atoms with Crippen LogP contribution in [0.2, 0.25) is 18.1 Å². The molecule has 4 nitrogen and oxygen atoms in total. The third-order valence-electron chi connectivity index (χ3n) is 5.60. The van der Waals surface area contributed by atoms with Crippen LogP contribution in [0.3, 0.4) is 0 Å². The van der Waals surface area contributed by atoms with Gasteiger partial charge in [0.1, 0.15) is 5.60 Å². The Labute approximate surface area is 166 Å². The summed E-state index contributed by atoms with van der Waals surface area (Å²) in [5.41, 5.74) is 0.609. The van der Waals surface area contributed by atoms with Gasteiger partial charge < -0.3 is 9.16 Å². The Bertz CT molecular complexity index is 631. The molecule has 152 valence electrons. The van der Waals surface area contributed by atoms with Gasteiger partial charge in [0.25, 0.3) is 0 Å². The summed E-state index contributed by atoms with van der Waals surface area (Å²) in [6.07, 6.45) is 1.64. The van der Waals surface area contributed by atoms with Crippen LogP contribution < -0.4 is 0 Å². The van der Waals surface area contributed by atoms with E-state index in [1.165, 1.54) is 0 Å².